The third-order valence-corrected chi connectivity index (χ3v) is 12.5. The average Bonchev–Trinajstić information content (AvgIpc) is 3.81. The molecule has 7 aromatic carbocycles. The predicted octanol–water partition coefficient (Wildman–Crippen LogP) is 12.6. The Morgan fingerprint density at radius 2 is 1.23 bits per heavy atom. The highest BCUT2D eigenvalue weighted by atomic mass is 16.3. The fourth-order valence-electron chi connectivity index (χ4n) is 9.79. The molecule has 0 saturated heterocycles. The summed E-state index contributed by atoms with van der Waals surface area (Å²) in [6.07, 6.45) is 1.78. The summed E-state index contributed by atoms with van der Waals surface area (Å²) in [6, 6.07) is 54.4. The van der Waals surface area contributed by atoms with Crippen molar-refractivity contribution >= 4 is 43.7 Å². The van der Waals surface area contributed by atoms with Crippen LogP contribution >= 0.6 is 0 Å². The summed E-state index contributed by atoms with van der Waals surface area (Å²) >= 11 is 0. The van der Waals surface area contributed by atoms with Crippen molar-refractivity contribution in [2.45, 2.75) is 38.0 Å². The van der Waals surface area contributed by atoms with Crippen LogP contribution in [0.2, 0.25) is 0 Å². The maximum absolute atomic E-state index is 6.37. The van der Waals surface area contributed by atoms with Crippen molar-refractivity contribution in [3.63, 3.8) is 0 Å². The number of furan rings is 1. The van der Waals surface area contributed by atoms with E-state index in [0.717, 1.165) is 57.2 Å². The van der Waals surface area contributed by atoms with E-state index in [2.05, 4.69) is 158 Å². The Labute approximate surface area is 323 Å². The van der Waals surface area contributed by atoms with E-state index in [1.807, 2.05) is 12.1 Å². The zero-order chi connectivity index (χ0) is 37.1. The Hall–Kier alpha value is -6.85. The van der Waals surface area contributed by atoms with Crippen molar-refractivity contribution in [2.24, 2.45) is 0 Å². The normalized spacial score (nSPS) is 15.5. The molecule has 5 nitrogen and oxygen atoms in total. The van der Waals surface area contributed by atoms with Gasteiger partial charge >= 0.3 is 0 Å². The van der Waals surface area contributed by atoms with Crippen LogP contribution in [0.1, 0.15) is 54.3 Å². The smallest absolute Gasteiger partial charge is 0.238 e. The number of aryl methyl sites for hydroxylation is 1. The molecular formula is C51H36N4O. The summed E-state index contributed by atoms with van der Waals surface area (Å²) in [5.41, 5.74) is 15.3. The Morgan fingerprint density at radius 1 is 0.554 bits per heavy atom. The fourth-order valence-corrected chi connectivity index (χ4v) is 9.79. The van der Waals surface area contributed by atoms with Gasteiger partial charge in [0.1, 0.15) is 17.0 Å². The number of fused-ring (bicyclic) bond motifs is 12. The summed E-state index contributed by atoms with van der Waals surface area (Å²) in [4.78, 5) is 16.2. The Morgan fingerprint density at radius 3 is 2.05 bits per heavy atom. The number of nitrogens with zero attached hydrogens (tertiary/aromatic N) is 4. The van der Waals surface area contributed by atoms with Crippen molar-refractivity contribution in [1.29, 1.82) is 0 Å². The molecule has 0 spiro atoms. The first-order chi connectivity index (χ1) is 27.5. The largest absolute Gasteiger partial charge is 0.456 e. The Balaban J connectivity index is 1.08. The molecule has 1 unspecified atom stereocenters. The highest BCUT2D eigenvalue weighted by Gasteiger charge is 2.37. The highest BCUT2D eigenvalue weighted by molar-refractivity contribution is 6.09. The van der Waals surface area contributed by atoms with E-state index in [1.165, 1.54) is 55.3 Å². The van der Waals surface area contributed by atoms with Gasteiger partial charge in [0.05, 0.1) is 11.0 Å². The van der Waals surface area contributed by atoms with Crippen LogP contribution < -0.4 is 0 Å². The Kier molecular flexibility index (Phi) is 6.51. The second kappa shape index (κ2) is 11.6. The molecule has 12 rings (SSSR count). The molecule has 0 N–H and O–H groups in total. The molecule has 56 heavy (non-hydrogen) atoms. The van der Waals surface area contributed by atoms with Crippen LogP contribution in [0.15, 0.2) is 156 Å². The maximum Gasteiger partial charge on any atom is 0.238 e. The maximum atomic E-state index is 6.37. The molecule has 5 heteroatoms. The zero-order valence-electron chi connectivity index (χ0n) is 31.1. The molecule has 266 valence electrons. The third kappa shape index (κ3) is 4.45. The zero-order valence-corrected chi connectivity index (χ0v) is 31.1. The number of para-hydroxylation sites is 3. The van der Waals surface area contributed by atoms with Crippen molar-refractivity contribution < 1.29 is 4.42 Å². The van der Waals surface area contributed by atoms with Crippen LogP contribution in [-0.2, 0) is 11.8 Å². The SMILES string of the molecule is CC1(C)c2ccccc2-c2cc3c(cc21)CCC(c1nc(-c2ccc4c(c2)oc2ccccc24)nc(-n2c4ccccc4c4ccccc42)n1)c1ccccc1-3. The minimum atomic E-state index is -0.0621. The van der Waals surface area contributed by atoms with Gasteiger partial charge in [-0.15, -0.1) is 0 Å². The molecule has 2 aliphatic rings. The lowest BCUT2D eigenvalue weighted by atomic mass is 9.81. The van der Waals surface area contributed by atoms with Crippen LogP contribution in [0, 0.1) is 0 Å². The summed E-state index contributed by atoms with van der Waals surface area (Å²) < 4.78 is 8.58. The van der Waals surface area contributed by atoms with Crippen molar-refractivity contribution in [3.05, 3.63) is 180 Å². The van der Waals surface area contributed by atoms with E-state index in [4.69, 9.17) is 19.4 Å². The monoisotopic (exact) mass is 720 g/mol. The van der Waals surface area contributed by atoms with Crippen molar-refractivity contribution in [2.75, 3.05) is 0 Å². The molecule has 3 aromatic heterocycles. The molecule has 0 fully saturated rings. The van der Waals surface area contributed by atoms with Crippen LogP contribution in [0.4, 0.5) is 0 Å². The van der Waals surface area contributed by atoms with E-state index in [9.17, 15) is 0 Å². The summed E-state index contributed by atoms with van der Waals surface area (Å²) in [7, 11) is 0. The molecule has 0 bridgehead atoms. The van der Waals surface area contributed by atoms with Crippen molar-refractivity contribution in [1.82, 2.24) is 19.5 Å². The standard InChI is InChI=1S/C51H36N4O/c1-51(2)42-19-9-5-15-34(42)41-29-40-30(27-43(41)51)23-26-39(32-13-3-4-14-33(32)40)49-52-48(31-24-25-38-37-18-8-12-22-46(37)56-47(38)28-31)53-50(54-49)55-44-20-10-6-16-35(44)36-17-7-11-21-45(36)55/h3-22,24-25,27-29,39H,23,26H2,1-2H3. The molecular weight excluding hydrogens is 685 g/mol. The first-order valence-corrected chi connectivity index (χ1v) is 19.5. The molecule has 0 amide bonds. The first kappa shape index (κ1) is 31.5. The van der Waals surface area contributed by atoms with Gasteiger partial charge in [0.15, 0.2) is 5.82 Å². The van der Waals surface area contributed by atoms with Gasteiger partial charge in [0.25, 0.3) is 0 Å². The molecule has 0 aliphatic heterocycles. The Bertz CT molecular complexity index is 3200. The number of hydrogen-bond acceptors (Lipinski definition) is 4. The number of aromatic nitrogens is 4. The van der Waals surface area contributed by atoms with Gasteiger partial charge in [-0.1, -0.05) is 129 Å². The van der Waals surface area contributed by atoms with Gasteiger partial charge in [-0.3, -0.25) is 4.57 Å². The third-order valence-electron chi connectivity index (χ3n) is 12.5. The van der Waals surface area contributed by atoms with E-state index in [1.54, 1.807) is 0 Å². The molecule has 1 atom stereocenters. The van der Waals surface area contributed by atoms with Crippen LogP contribution in [0.25, 0.3) is 83.3 Å². The minimum Gasteiger partial charge on any atom is -0.456 e. The van der Waals surface area contributed by atoms with Crippen LogP contribution in [0.3, 0.4) is 0 Å². The number of benzene rings is 7. The van der Waals surface area contributed by atoms with Crippen molar-refractivity contribution in [3.8, 4) is 39.6 Å². The lowest BCUT2D eigenvalue weighted by molar-refractivity contribution is 0.653. The van der Waals surface area contributed by atoms with Crippen LogP contribution in [-0.4, -0.2) is 19.5 Å². The van der Waals surface area contributed by atoms with Gasteiger partial charge in [-0.05, 0) is 93.7 Å². The molecule has 10 aromatic rings. The molecule has 0 saturated carbocycles. The van der Waals surface area contributed by atoms with E-state index in [0.29, 0.717) is 11.8 Å². The molecule has 3 heterocycles. The number of rotatable bonds is 3. The molecule has 0 radical (unpaired) electrons. The first-order valence-electron chi connectivity index (χ1n) is 19.5. The van der Waals surface area contributed by atoms with Gasteiger partial charge < -0.3 is 4.42 Å². The van der Waals surface area contributed by atoms with Gasteiger partial charge in [0.2, 0.25) is 5.95 Å². The second-order valence-electron chi connectivity index (χ2n) is 15.9. The lowest BCUT2D eigenvalue weighted by Gasteiger charge is -2.22. The summed E-state index contributed by atoms with van der Waals surface area (Å²) in [5, 5.41) is 4.52. The lowest BCUT2D eigenvalue weighted by Crippen LogP contribution is -2.15. The van der Waals surface area contributed by atoms with E-state index >= 15 is 0 Å². The van der Waals surface area contributed by atoms with Crippen LogP contribution in [0.5, 0.6) is 0 Å². The average molecular weight is 721 g/mol. The fraction of sp³-hybridized carbons (Fsp3) is 0.118. The van der Waals surface area contributed by atoms with Gasteiger partial charge in [-0.2, -0.15) is 9.97 Å². The number of hydrogen-bond donors (Lipinski definition) is 0. The van der Waals surface area contributed by atoms with Gasteiger partial charge in [-0.25, -0.2) is 4.98 Å². The van der Waals surface area contributed by atoms with Gasteiger partial charge in [0, 0.05) is 38.4 Å². The van der Waals surface area contributed by atoms with E-state index < -0.39 is 0 Å². The predicted molar refractivity (Wildman–Crippen MR) is 226 cm³/mol. The summed E-state index contributed by atoms with van der Waals surface area (Å²) in [6.45, 7) is 4.73. The minimum absolute atomic E-state index is 0.0581. The highest BCUT2D eigenvalue weighted by Crippen LogP contribution is 2.52. The van der Waals surface area contributed by atoms with E-state index in [-0.39, 0.29) is 11.3 Å². The quantitative estimate of drug-likeness (QED) is 0.182. The molecule has 2 aliphatic carbocycles. The topological polar surface area (TPSA) is 56.7 Å². The summed E-state index contributed by atoms with van der Waals surface area (Å²) in [5.74, 6) is 1.96. The second-order valence-corrected chi connectivity index (χ2v) is 15.9.